The Bertz CT molecular complexity index is 1140. The van der Waals surface area contributed by atoms with Crippen molar-refractivity contribution in [3.8, 4) is 0 Å². The van der Waals surface area contributed by atoms with Crippen LogP contribution in [0, 0.1) is 12.8 Å². The highest BCUT2D eigenvalue weighted by Crippen LogP contribution is 2.38. The van der Waals surface area contributed by atoms with Crippen LogP contribution in [-0.2, 0) is 0 Å². The minimum atomic E-state index is -4.07. The Morgan fingerprint density at radius 3 is 2.24 bits per heavy atom. The van der Waals surface area contributed by atoms with Crippen molar-refractivity contribution in [3.05, 3.63) is 53.0 Å². The van der Waals surface area contributed by atoms with Crippen molar-refractivity contribution in [2.45, 2.75) is 90.5 Å². The van der Waals surface area contributed by atoms with Gasteiger partial charge in [0.05, 0.1) is 12.6 Å². The summed E-state index contributed by atoms with van der Waals surface area (Å²) in [4.78, 5) is 21.2. The van der Waals surface area contributed by atoms with Crippen molar-refractivity contribution >= 4 is 18.8 Å². The van der Waals surface area contributed by atoms with Crippen LogP contribution in [0.2, 0.25) is 0 Å². The Morgan fingerprint density at radius 1 is 1.09 bits per heavy atom. The molecule has 252 valence electrons. The Labute approximate surface area is 268 Å². The first-order chi connectivity index (χ1) is 21.5. The number of aromatic nitrogens is 1. The Kier molecular flexibility index (Phi) is 16.8. The van der Waals surface area contributed by atoms with Gasteiger partial charge in [-0.2, -0.15) is 13.2 Å². The predicted octanol–water partition coefficient (Wildman–Crippen LogP) is 5.83. The van der Waals surface area contributed by atoms with E-state index in [2.05, 4.69) is 52.9 Å². The molecule has 3 N–H and O–H groups in total. The molecule has 1 aromatic heterocycles. The lowest BCUT2D eigenvalue weighted by Gasteiger charge is -2.30. The van der Waals surface area contributed by atoms with Gasteiger partial charge in [0, 0.05) is 42.0 Å². The monoisotopic (exact) mass is 632 g/mol. The van der Waals surface area contributed by atoms with E-state index in [0.29, 0.717) is 37.7 Å². The van der Waals surface area contributed by atoms with E-state index < -0.39 is 12.7 Å². The Balaban J connectivity index is 0.000000258. The summed E-state index contributed by atoms with van der Waals surface area (Å²) in [6.45, 7) is 14.3. The topological polar surface area (TPSA) is 94.5 Å². The molecule has 4 aliphatic rings. The molecule has 1 aliphatic carbocycles. The van der Waals surface area contributed by atoms with E-state index in [1.807, 2.05) is 51.4 Å². The van der Waals surface area contributed by atoms with E-state index >= 15 is 0 Å². The largest absolute Gasteiger partial charge is 0.401 e. The molecule has 1 atom stereocenters. The lowest BCUT2D eigenvalue weighted by Crippen LogP contribution is -2.43. The fourth-order valence-electron chi connectivity index (χ4n) is 5.34. The van der Waals surface area contributed by atoms with Gasteiger partial charge < -0.3 is 16.0 Å². The highest BCUT2D eigenvalue weighted by Gasteiger charge is 2.32. The molecule has 1 aromatic rings. The first-order valence-electron chi connectivity index (χ1n) is 16.3. The molecule has 4 heterocycles. The van der Waals surface area contributed by atoms with Gasteiger partial charge in [0.1, 0.15) is 0 Å². The summed E-state index contributed by atoms with van der Waals surface area (Å²) in [5.41, 5.74) is 10.0. The molecule has 8 nitrogen and oxygen atoms in total. The van der Waals surface area contributed by atoms with Crippen molar-refractivity contribution in [1.29, 1.82) is 0 Å². The molecule has 45 heavy (non-hydrogen) atoms. The molecule has 0 amide bonds. The number of likely N-dealkylation sites (tertiary alicyclic amines) is 1. The lowest BCUT2D eigenvalue weighted by molar-refractivity contribution is -0.147. The van der Waals surface area contributed by atoms with Crippen molar-refractivity contribution < 1.29 is 13.2 Å². The van der Waals surface area contributed by atoms with Gasteiger partial charge in [-0.25, -0.2) is 4.99 Å². The number of amidine groups is 1. The first-order valence-corrected chi connectivity index (χ1v) is 16.3. The average molecular weight is 633 g/mol. The van der Waals surface area contributed by atoms with Gasteiger partial charge in [0.25, 0.3) is 0 Å². The molecule has 1 unspecified atom stereocenters. The minimum Gasteiger partial charge on any atom is -0.328 e. The van der Waals surface area contributed by atoms with Gasteiger partial charge in [-0.3, -0.25) is 19.9 Å². The lowest BCUT2D eigenvalue weighted by atomic mass is 10.00. The van der Waals surface area contributed by atoms with Crippen LogP contribution in [0.5, 0.6) is 0 Å². The molecule has 0 radical (unpaired) electrons. The third kappa shape index (κ3) is 14.5. The van der Waals surface area contributed by atoms with E-state index in [4.69, 9.17) is 10.7 Å². The van der Waals surface area contributed by atoms with Crippen LogP contribution < -0.4 is 11.1 Å². The molecular formula is C34H55F3N8. The number of rotatable bonds is 5. The molecule has 0 spiro atoms. The highest BCUT2D eigenvalue weighted by atomic mass is 19.4. The van der Waals surface area contributed by atoms with Gasteiger partial charge in [-0.1, -0.05) is 13.8 Å². The van der Waals surface area contributed by atoms with E-state index in [9.17, 15) is 13.2 Å². The maximum Gasteiger partial charge on any atom is 0.401 e. The molecule has 3 aliphatic heterocycles. The number of halogens is 3. The summed E-state index contributed by atoms with van der Waals surface area (Å²) in [5, 5.41) is 3.34. The zero-order valence-electron chi connectivity index (χ0n) is 28.2. The normalized spacial score (nSPS) is 21.6. The fraction of sp³-hybridized carbons (Fsp3) is 0.647. The summed E-state index contributed by atoms with van der Waals surface area (Å²) in [7, 11) is 4.33. The first kappa shape index (κ1) is 38.5. The molecule has 0 aromatic carbocycles. The number of pyridine rings is 1. The molecule has 2 saturated heterocycles. The third-order valence-corrected chi connectivity index (χ3v) is 8.12. The van der Waals surface area contributed by atoms with Crippen molar-refractivity contribution in [3.63, 3.8) is 0 Å². The van der Waals surface area contributed by atoms with Crippen LogP contribution in [0.25, 0.3) is 0 Å². The van der Waals surface area contributed by atoms with Gasteiger partial charge in [-0.15, -0.1) is 0 Å². The van der Waals surface area contributed by atoms with Gasteiger partial charge in [-0.05, 0) is 135 Å². The van der Waals surface area contributed by atoms with Crippen LogP contribution in [-0.4, -0.2) is 105 Å². The quantitative estimate of drug-likeness (QED) is 0.315. The van der Waals surface area contributed by atoms with E-state index in [0.717, 1.165) is 17.3 Å². The number of nitrogens with two attached hydrogens (primary N) is 1. The van der Waals surface area contributed by atoms with Crippen LogP contribution in [0.15, 0.2) is 56.7 Å². The average Bonchev–Trinajstić information content (AvgIpc) is 3.87. The summed E-state index contributed by atoms with van der Waals surface area (Å²) < 4.78 is 35.6. The maximum atomic E-state index is 11.9. The number of nitrogens with one attached hydrogen (secondary N) is 1. The zero-order chi connectivity index (χ0) is 33.4. The van der Waals surface area contributed by atoms with Gasteiger partial charge >= 0.3 is 6.18 Å². The number of allylic oxidation sites excluding steroid dienone is 1. The second-order valence-electron chi connectivity index (χ2n) is 11.9. The van der Waals surface area contributed by atoms with E-state index in [-0.39, 0.29) is 12.1 Å². The number of aryl methyl sites for hydroxylation is 1. The van der Waals surface area contributed by atoms with Crippen LogP contribution in [0.4, 0.5) is 13.2 Å². The molecule has 5 rings (SSSR count). The Hall–Kier alpha value is -2.73. The number of hydrogen-bond donors (Lipinski definition) is 2. The van der Waals surface area contributed by atoms with Gasteiger partial charge in [0.2, 0.25) is 0 Å². The number of piperidine rings is 2. The number of hydrogen-bond acceptors (Lipinski definition) is 7. The Morgan fingerprint density at radius 2 is 1.73 bits per heavy atom. The van der Waals surface area contributed by atoms with Crippen molar-refractivity contribution in [1.82, 2.24) is 20.1 Å². The third-order valence-electron chi connectivity index (χ3n) is 8.12. The fourth-order valence-corrected chi connectivity index (χ4v) is 5.34. The van der Waals surface area contributed by atoms with E-state index in [1.165, 1.54) is 54.8 Å². The number of nitrogens with zero attached hydrogens (tertiary/aromatic N) is 6. The molecule has 0 bridgehead atoms. The minimum absolute atomic E-state index is 0.0351. The van der Waals surface area contributed by atoms with E-state index in [1.54, 1.807) is 6.20 Å². The molecule has 1 saturated carbocycles. The molecular weight excluding hydrogens is 577 g/mol. The predicted molar refractivity (Wildman–Crippen MR) is 183 cm³/mol. The maximum absolute atomic E-state index is 11.9. The van der Waals surface area contributed by atoms with Gasteiger partial charge in [0.15, 0.2) is 5.84 Å². The second kappa shape index (κ2) is 19.7. The smallest absolute Gasteiger partial charge is 0.328 e. The van der Waals surface area contributed by atoms with Crippen LogP contribution in [0.3, 0.4) is 0 Å². The summed E-state index contributed by atoms with van der Waals surface area (Å²) in [6.07, 6.45) is 10.0. The molecule has 11 heteroatoms. The zero-order valence-corrected chi connectivity index (χ0v) is 28.2. The SMILES string of the molecule is C=NC(=NC1C=CN=CC(C2CC2)=C1C)c1ccnc(C)c1.CC.CN(C)C1CCNCC1.NC1CCN(CC(F)(F)F)CC1. The van der Waals surface area contributed by atoms with Crippen molar-refractivity contribution in [2.24, 2.45) is 26.6 Å². The second-order valence-corrected chi connectivity index (χ2v) is 11.9. The number of aliphatic imine (C=N–C) groups is 3. The summed E-state index contributed by atoms with van der Waals surface area (Å²) in [5.74, 6) is 1.31. The summed E-state index contributed by atoms with van der Waals surface area (Å²) in [6, 6.07) is 4.77. The van der Waals surface area contributed by atoms with Crippen LogP contribution >= 0.6 is 0 Å². The number of alkyl halides is 3. The highest BCUT2D eigenvalue weighted by molar-refractivity contribution is 6.01. The molecule has 3 fully saturated rings. The van der Waals surface area contributed by atoms with Crippen molar-refractivity contribution in [2.75, 3.05) is 46.8 Å². The summed E-state index contributed by atoms with van der Waals surface area (Å²) >= 11 is 0. The standard InChI is InChI=1S/C18H20N4.C7H13F3N2.C7H16N2.C2H6/c1-12-10-15(6-9-21-12)18(19-3)22-17-7-8-20-11-16(13(17)2)14-4-5-14;8-7(9,10)5-12-3-1-6(11)2-4-12;1-9(2)7-3-5-8-6-4-7;1-2/h6-11,14,17H,3-5H2,1-2H3;6H,1-5,11H2;7-8H,3-6H2,1-2H3;1-2H3. The van der Waals surface area contributed by atoms with Crippen LogP contribution in [0.1, 0.15) is 70.6 Å².